The first kappa shape index (κ1) is 15.2. The minimum atomic E-state index is -2.23. The number of nitrogens with two attached hydrogens (primary N) is 1. The minimum Gasteiger partial charge on any atom is -0.320 e. The molecule has 0 radical (unpaired) electrons. The second kappa shape index (κ2) is 6.32. The van der Waals surface area contributed by atoms with Crippen molar-refractivity contribution in [1.82, 2.24) is 5.43 Å². The molecule has 0 atom stereocenters. The number of guanidine groups is 1. The van der Waals surface area contributed by atoms with Gasteiger partial charge >= 0.3 is 0 Å². The van der Waals surface area contributed by atoms with Gasteiger partial charge in [0, 0.05) is 6.54 Å². The molecular formula is C10H11F5N4. The molecule has 106 valence electrons. The van der Waals surface area contributed by atoms with Gasteiger partial charge in [0.2, 0.25) is 11.8 Å². The van der Waals surface area contributed by atoms with Gasteiger partial charge in [0.1, 0.15) is 5.69 Å². The second-order valence-corrected chi connectivity index (χ2v) is 3.44. The third-order valence-electron chi connectivity index (χ3n) is 2.08. The maximum absolute atomic E-state index is 13.3. The van der Waals surface area contributed by atoms with Gasteiger partial charge in [0.15, 0.2) is 23.3 Å². The Morgan fingerprint density at radius 3 is 1.89 bits per heavy atom. The largest absolute Gasteiger partial charge is 0.320 e. The molecule has 0 bridgehead atoms. The highest BCUT2D eigenvalue weighted by Gasteiger charge is 2.26. The fraction of sp³-hybridized carbons (Fsp3) is 0.300. The molecular weight excluding hydrogens is 271 g/mol. The number of halogens is 5. The van der Waals surface area contributed by atoms with E-state index in [1.807, 2.05) is 10.7 Å². The highest BCUT2D eigenvalue weighted by atomic mass is 19.2. The molecule has 0 spiro atoms. The number of anilines is 1. The Balaban J connectivity index is 3.21. The summed E-state index contributed by atoms with van der Waals surface area (Å²) < 4.78 is 65.3. The summed E-state index contributed by atoms with van der Waals surface area (Å²) in [6, 6.07) is 0. The zero-order valence-corrected chi connectivity index (χ0v) is 9.83. The van der Waals surface area contributed by atoms with E-state index in [1.165, 1.54) is 0 Å². The van der Waals surface area contributed by atoms with E-state index >= 15 is 0 Å². The Bertz CT molecular complexity index is 474. The third kappa shape index (κ3) is 3.11. The van der Waals surface area contributed by atoms with Crippen LogP contribution in [0.3, 0.4) is 0 Å². The Labute approximate surface area is 105 Å². The van der Waals surface area contributed by atoms with Gasteiger partial charge in [-0.2, -0.15) is 0 Å². The van der Waals surface area contributed by atoms with E-state index in [0.717, 1.165) is 0 Å². The van der Waals surface area contributed by atoms with Crippen LogP contribution in [0, 0.1) is 29.1 Å². The van der Waals surface area contributed by atoms with E-state index in [4.69, 9.17) is 5.84 Å². The van der Waals surface area contributed by atoms with Gasteiger partial charge in [-0.3, -0.25) is 10.4 Å². The average Bonchev–Trinajstić information content (AvgIpc) is 2.42. The molecule has 0 saturated carbocycles. The maximum Gasteiger partial charge on any atom is 0.210 e. The standard InChI is InChI=1S/C10H11F5N4/c1-2-3-17-10(19-16)18-9-7(14)5(12)4(11)6(13)8(9)15/h2-3,16H2,1H3,(H2,17,18,19). The Kier molecular flexibility index (Phi) is 5.04. The molecule has 1 aromatic rings. The van der Waals surface area contributed by atoms with Crippen molar-refractivity contribution in [3.05, 3.63) is 29.1 Å². The predicted octanol–water partition coefficient (Wildman–Crippen LogP) is 2.02. The van der Waals surface area contributed by atoms with E-state index in [-0.39, 0.29) is 12.5 Å². The van der Waals surface area contributed by atoms with Gasteiger partial charge in [0.25, 0.3) is 0 Å². The third-order valence-corrected chi connectivity index (χ3v) is 2.08. The lowest BCUT2D eigenvalue weighted by molar-refractivity contribution is 0.382. The van der Waals surface area contributed by atoms with Crippen LogP contribution >= 0.6 is 0 Å². The molecule has 0 aliphatic heterocycles. The monoisotopic (exact) mass is 282 g/mol. The summed E-state index contributed by atoms with van der Waals surface area (Å²) in [7, 11) is 0. The van der Waals surface area contributed by atoms with Crippen molar-refractivity contribution < 1.29 is 22.0 Å². The zero-order chi connectivity index (χ0) is 14.6. The smallest absolute Gasteiger partial charge is 0.210 e. The number of hydrogen-bond donors (Lipinski definition) is 3. The van der Waals surface area contributed by atoms with Crippen molar-refractivity contribution in [2.24, 2.45) is 10.8 Å². The Morgan fingerprint density at radius 2 is 1.47 bits per heavy atom. The first-order valence-electron chi connectivity index (χ1n) is 5.23. The first-order valence-corrected chi connectivity index (χ1v) is 5.23. The summed E-state index contributed by atoms with van der Waals surface area (Å²) in [4.78, 5) is 3.72. The predicted molar refractivity (Wildman–Crippen MR) is 59.8 cm³/mol. The van der Waals surface area contributed by atoms with Crippen LogP contribution in [0.4, 0.5) is 27.6 Å². The molecule has 0 amide bonds. The Morgan fingerprint density at radius 1 is 1.00 bits per heavy atom. The number of nitrogens with one attached hydrogen (secondary N) is 2. The Hall–Kier alpha value is -1.90. The van der Waals surface area contributed by atoms with E-state index in [1.54, 1.807) is 6.92 Å². The number of benzene rings is 1. The molecule has 0 aliphatic carbocycles. The number of nitrogens with zero attached hydrogens (tertiary/aromatic N) is 1. The quantitative estimate of drug-likeness (QED) is 0.151. The lowest BCUT2D eigenvalue weighted by Gasteiger charge is -2.12. The fourth-order valence-corrected chi connectivity index (χ4v) is 1.18. The van der Waals surface area contributed by atoms with Gasteiger partial charge in [-0.15, -0.1) is 0 Å². The molecule has 9 heteroatoms. The van der Waals surface area contributed by atoms with Crippen LogP contribution in [-0.4, -0.2) is 12.5 Å². The van der Waals surface area contributed by atoms with Gasteiger partial charge < -0.3 is 5.32 Å². The van der Waals surface area contributed by atoms with Gasteiger partial charge in [-0.25, -0.2) is 27.8 Å². The molecule has 0 aromatic heterocycles. The highest BCUT2D eigenvalue weighted by molar-refractivity contribution is 5.93. The fourth-order valence-electron chi connectivity index (χ4n) is 1.18. The molecule has 0 heterocycles. The minimum absolute atomic E-state index is 0.252. The summed E-state index contributed by atoms with van der Waals surface area (Å²) >= 11 is 0. The van der Waals surface area contributed by atoms with Crippen LogP contribution < -0.4 is 16.6 Å². The van der Waals surface area contributed by atoms with Crippen molar-refractivity contribution >= 4 is 11.6 Å². The van der Waals surface area contributed by atoms with Crippen molar-refractivity contribution in [2.75, 3.05) is 11.9 Å². The van der Waals surface area contributed by atoms with E-state index in [2.05, 4.69) is 4.99 Å². The molecule has 0 aliphatic rings. The van der Waals surface area contributed by atoms with Crippen LogP contribution in [0.25, 0.3) is 0 Å². The highest BCUT2D eigenvalue weighted by Crippen LogP contribution is 2.26. The summed E-state index contributed by atoms with van der Waals surface area (Å²) in [6.45, 7) is 2.03. The second-order valence-electron chi connectivity index (χ2n) is 3.44. The van der Waals surface area contributed by atoms with Gasteiger partial charge in [-0.05, 0) is 6.42 Å². The lowest BCUT2D eigenvalue weighted by atomic mass is 10.2. The van der Waals surface area contributed by atoms with E-state index < -0.39 is 34.8 Å². The van der Waals surface area contributed by atoms with Gasteiger partial charge in [-0.1, -0.05) is 6.92 Å². The molecule has 0 fully saturated rings. The van der Waals surface area contributed by atoms with Crippen molar-refractivity contribution in [1.29, 1.82) is 0 Å². The topological polar surface area (TPSA) is 62.4 Å². The number of hydrazine groups is 1. The van der Waals surface area contributed by atoms with Crippen LogP contribution in [0.1, 0.15) is 13.3 Å². The van der Waals surface area contributed by atoms with E-state index in [0.29, 0.717) is 6.42 Å². The molecule has 0 saturated heterocycles. The summed E-state index contributed by atoms with van der Waals surface area (Å²) in [5, 5.41) is 1.93. The molecule has 0 unspecified atom stereocenters. The molecule has 1 aromatic carbocycles. The summed E-state index contributed by atoms with van der Waals surface area (Å²) in [5.41, 5.74) is 0.742. The number of hydrogen-bond acceptors (Lipinski definition) is 2. The lowest BCUT2D eigenvalue weighted by Crippen LogP contribution is -2.37. The molecule has 1 rings (SSSR count). The summed E-state index contributed by atoms with van der Waals surface area (Å²) in [5.74, 6) is -5.60. The normalized spacial score (nSPS) is 11.6. The molecule has 19 heavy (non-hydrogen) atoms. The molecule has 4 N–H and O–H groups in total. The van der Waals surface area contributed by atoms with Crippen LogP contribution in [-0.2, 0) is 0 Å². The maximum atomic E-state index is 13.3. The molecule has 4 nitrogen and oxygen atoms in total. The zero-order valence-electron chi connectivity index (χ0n) is 9.83. The van der Waals surface area contributed by atoms with Gasteiger partial charge in [0.05, 0.1) is 0 Å². The first-order chi connectivity index (χ1) is 8.93. The average molecular weight is 282 g/mol. The SMILES string of the molecule is CCCN=C(NN)Nc1c(F)c(F)c(F)c(F)c1F. The van der Waals surface area contributed by atoms with Crippen molar-refractivity contribution in [3.8, 4) is 0 Å². The van der Waals surface area contributed by atoms with Crippen LogP contribution in [0.2, 0.25) is 0 Å². The van der Waals surface area contributed by atoms with E-state index in [9.17, 15) is 22.0 Å². The number of aliphatic imine (C=N–C) groups is 1. The summed E-state index contributed by atoms with van der Waals surface area (Å²) in [6.07, 6.45) is 0.601. The van der Waals surface area contributed by atoms with Crippen molar-refractivity contribution in [3.63, 3.8) is 0 Å². The van der Waals surface area contributed by atoms with Crippen LogP contribution in [0.15, 0.2) is 4.99 Å². The number of rotatable bonds is 3. The van der Waals surface area contributed by atoms with Crippen molar-refractivity contribution in [2.45, 2.75) is 13.3 Å². The van der Waals surface area contributed by atoms with Crippen LogP contribution in [0.5, 0.6) is 0 Å².